The lowest BCUT2D eigenvalue weighted by Gasteiger charge is -2.23. The zero-order valence-corrected chi connectivity index (χ0v) is 20.6. The van der Waals surface area contributed by atoms with Crippen LogP contribution in [-0.2, 0) is 22.4 Å². The van der Waals surface area contributed by atoms with E-state index in [1.54, 1.807) is 4.90 Å². The molecule has 32 heavy (non-hydrogen) atoms. The van der Waals surface area contributed by atoms with Gasteiger partial charge in [-0.3, -0.25) is 9.69 Å². The van der Waals surface area contributed by atoms with Crippen LogP contribution in [0.15, 0.2) is 18.2 Å². The minimum Gasteiger partial charge on any atom is -0.449 e. The van der Waals surface area contributed by atoms with E-state index in [-0.39, 0.29) is 12.0 Å². The molecule has 2 amide bonds. The fourth-order valence-corrected chi connectivity index (χ4v) is 4.28. The summed E-state index contributed by atoms with van der Waals surface area (Å²) in [6.45, 7) is 12.2. The molecule has 1 heterocycles. The highest BCUT2D eigenvalue weighted by atomic mass is 16.6. The van der Waals surface area contributed by atoms with E-state index in [0.29, 0.717) is 38.7 Å². The highest BCUT2D eigenvalue weighted by Gasteiger charge is 2.22. The van der Waals surface area contributed by atoms with E-state index in [4.69, 9.17) is 4.74 Å². The summed E-state index contributed by atoms with van der Waals surface area (Å²) in [6.07, 6.45) is 6.92. The number of hydrogen-bond donors (Lipinski definition) is 1. The summed E-state index contributed by atoms with van der Waals surface area (Å²) in [5, 5.41) is 3.15. The van der Waals surface area contributed by atoms with Crippen LogP contribution in [0.4, 0.5) is 10.5 Å². The van der Waals surface area contributed by atoms with E-state index >= 15 is 0 Å². The van der Waals surface area contributed by atoms with E-state index < -0.39 is 0 Å². The van der Waals surface area contributed by atoms with E-state index in [1.807, 2.05) is 0 Å². The first-order valence-corrected chi connectivity index (χ1v) is 12.6. The number of nitrogens with zero attached hydrogens (tertiary/aromatic N) is 2. The third-order valence-corrected chi connectivity index (χ3v) is 6.46. The van der Waals surface area contributed by atoms with Crippen molar-refractivity contribution in [2.24, 2.45) is 5.92 Å². The molecule has 180 valence electrons. The standard InChI is InChI=1S/C26H43N3O3/c1-5-9-12-21(6-2)20-32-26(31)29-16-11-15-28(17-18-29)19-24(30)27-25-22(7-3)13-10-14-23(25)8-4/h10,13-14,21H,5-9,11-12,15-20H2,1-4H3,(H,27,30). The van der Waals surface area contributed by atoms with E-state index in [0.717, 1.165) is 44.3 Å². The molecule has 1 fully saturated rings. The van der Waals surface area contributed by atoms with Gasteiger partial charge in [-0.25, -0.2) is 4.79 Å². The SMILES string of the molecule is CCCCC(CC)COC(=O)N1CCCN(CC(=O)Nc2c(CC)cccc2CC)CC1. The fraction of sp³-hybridized carbons (Fsp3) is 0.692. The molecular formula is C26H43N3O3. The van der Waals surface area contributed by atoms with Crippen molar-refractivity contribution in [1.29, 1.82) is 0 Å². The Morgan fingerprint density at radius 1 is 1.03 bits per heavy atom. The highest BCUT2D eigenvalue weighted by Crippen LogP contribution is 2.22. The monoisotopic (exact) mass is 445 g/mol. The van der Waals surface area contributed by atoms with Crippen molar-refractivity contribution in [3.8, 4) is 0 Å². The lowest BCUT2D eigenvalue weighted by molar-refractivity contribution is -0.117. The lowest BCUT2D eigenvalue weighted by atomic mass is 10.0. The molecule has 0 aliphatic carbocycles. The third-order valence-electron chi connectivity index (χ3n) is 6.46. The Bertz CT molecular complexity index is 700. The van der Waals surface area contributed by atoms with Gasteiger partial charge in [0.05, 0.1) is 13.2 Å². The van der Waals surface area contributed by atoms with Crippen LogP contribution < -0.4 is 5.32 Å². The van der Waals surface area contributed by atoms with Crippen molar-refractivity contribution < 1.29 is 14.3 Å². The molecule has 1 N–H and O–H groups in total. The Morgan fingerprint density at radius 2 is 1.75 bits per heavy atom. The third kappa shape index (κ3) is 8.12. The molecule has 1 aromatic carbocycles. The van der Waals surface area contributed by atoms with Crippen molar-refractivity contribution in [2.75, 3.05) is 44.6 Å². The second kappa shape index (κ2) is 14.1. The molecule has 0 saturated carbocycles. The van der Waals surface area contributed by atoms with Crippen LogP contribution in [0.3, 0.4) is 0 Å². The van der Waals surface area contributed by atoms with Gasteiger partial charge in [-0.1, -0.05) is 65.2 Å². The average Bonchev–Trinajstić information content (AvgIpc) is 3.04. The summed E-state index contributed by atoms with van der Waals surface area (Å²) in [4.78, 5) is 29.3. The molecule has 2 rings (SSSR count). The van der Waals surface area contributed by atoms with Gasteiger partial charge in [0, 0.05) is 31.9 Å². The highest BCUT2D eigenvalue weighted by molar-refractivity contribution is 5.93. The maximum Gasteiger partial charge on any atom is 0.409 e. The van der Waals surface area contributed by atoms with Crippen LogP contribution in [0.1, 0.15) is 70.9 Å². The van der Waals surface area contributed by atoms with Gasteiger partial charge in [0.1, 0.15) is 0 Å². The Kier molecular flexibility index (Phi) is 11.6. The molecule has 6 heteroatoms. The molecule has 1 unspecified atom stereocenters. The quantitative estimate of drug-likeness (QED) is 0.514. The number of unbranched alkanes of at least 4 members (excludes halogenated alkanes) is 1. The van der Waals surface area contributed by atoms with E-state index in [9.17, 15) is 9.59 Å². The Hall–Kier alpha value is -2.08. The molecule has 0 radical (unpaired) electrons. The number of ether oxygens (including phenoxy) is 1. The lowest BCUT2D eigenvalue weighted by Crippen LogP contribution is -2.38. The van der Waals surface area contributed by atoms with Gasteiger partial charge in [0.2, 0.25) is 5.91 Å². The molecule has 1 aliphatic rings. The predicted octanol–water partition coefficient (Wildman–Crippen LogP) is 5.11. The number of rotatable bonds is 11. The summed E-state index contributed by atoms with van der Waals surface area (Å²) in [5.74, 6) is 0.462. The number of para-hydroxylation sites is 1. The Balaban J connectivity index is 1.83. The molecular weight excluding hydrogens is 402 g/mol. The van der Waals surface area contributed by atoms with Crippen LogP contribution in [0.25, 0.3) is 0 Å². The van der Waals surface area contributed by atoms with Crippen molar-refractivity contribution in [3.63, 3.8) is 0 Å². The first-order valence-electron chi connectivity index (χ1n) is 12.6. The second-order valence-corrected chi connectivity index (χ2v) is 8.82. The largest absolute Gasteiger partial charge is 0.449 e. The molecule has 0 bridgehead atoms. The maximum absolute atomic E-state index is 12.8. The maximum atomic E-state index is 12.8. The number of nitrogens with one attached hydrogen (secondary N) is 1. The van der Waals surface area contributed by atoms with Crippen molar-refractivity contribution in [1.82, 2.24) is 9.80 Å². The van der Waals surface area contributed by atoms with Crippen LogP contribution in [0.2, 0.25) is 0 Å². The van der Waals surface area contributed by atoms with Crippen LogP contribution >= 0.6 is 0 Å². The smallest absolute Gasteiger partial charge is 0.409 e. The number of carbonyl (C=O) groups excluding carboxylic acids is 2. The number of aryl methyl sites for hydroxylation is 2. The summed E-state index contributed by atoms with van der Waals surface area (Å²) >= 11 is 0. The normalized spacial score (nSPS) is 15.8. The zero-order chi connectivity index (χ0) is 23.3. The molecule has 1 aromatic rings. The summed E-state index contributed by atoms with van der Waals surface area (Å²) in [6, 6.07) is 6.22. The first-order chi connectivity index (χ1) is 15.5. The number of anilines is 1. The summed E-state index contributed by atoms with van der Waals surface area (Å²) in [5.41, 5.74) is 3.31. The van der Waals surface area contributed by atoms with Crippen molar-refractivity contribution >= 4 is 17.7 Å². The Labute approximate surface area is 194 Å². The number of carbonyl (C=O) groups is 2. The van der Waals surface area contributed by atoms with Crippen molar-refractivity contribution in [2.45, 2.75) is 72.6 Å². The number of hydrogen-bond acceptors (Lipinski definition) is 4. The molecule has 1 aliphatic heterocycles. The van der Waals surface area contributed by atoms with Gasteiger partial charge in [0.15, 0.2) is 0 Å². The molecule has 1 atom stereocenters. The minimum atomic E-state index is -0.212. The Morgan fingerprint density at radius 3 is 2.38 bits per heavy atom. The summed E-state index contributed by atoms with van der Waals surface area (Å²) < 4.78 is 5.62. The van der Waals surface area contributed by atoms with Gasteiger partial charge in [-0.2, -0.15) is 0 Å². The van der Waals surface area contributed by atoms with Gasteiger partial charge in [-0.05, 0) is 42.7 Å². The average molecular weight is 446 g/mol. The van der Waals surface area contributed by atoms with Gasteiger partial charge in [0.25, 0.3) is 0 Å². The van der Waals surface area contributed by atoms with Crippen LogP contribution in [-0.4, -0.2) is 61.1 Å². The van der Waals surface area contributed by atoms with Crippen LogP contribution in [0, 0.1) is 5.92 Å². The van der Waals surface area contributed by atoms with Gasteiger partial charge in [-0.15, -0.1) is 0 Å². The molecule has 0 aromatic heterocycles. The molecule has 6 nitrogen and oxygen atoms in total. The molecule has 0 spiro atoms. The first kappa shape index (κ1) is 26.2. The fourth-order valence-electron chi connectivity index (χ4n) is 4.28. The summed E-state index contributed by atoms with van der Waals surface area (Å²) in [7, 11) is 0. The van der Waals surface area contributed by atoms with E-state index in [2.05, 4.69) is 56.1 Å². The van der Waals surface area contributed by atoms with E-state index in [1.165, 1.54) is 24.0 Å². The van der Waals surface area contributed by atoms with Crippen molar-refractivity contribution in [3.05, 3.63) is 29.3 Å². The zero-order valence-electron chi connectivity index (χ0n) is 20.6. The number of amides is 2. The molecule has 1 saturated heterocycles. The second-order valence-electron chi connectivity index (χ2n) is 8.82. The van der Waals surface area contributed by atoms with Crippen LogP contribution in [0.5, 0.6) is 0 Å². The van der Waals surface area contributed by atoms with Gasteiger partial charge >= 0.3 is 6.09 Å². The topological polar surface area (TPSA) is 61.9 Å². The van der Waals surface area contributed by atoms with Gasteiger partial charge < -0.3 is 15.0 Å². The minimum absolute atomic E-state index is 0.0124. The number of benzene rings is 1. The predicted molar refractivity (Wildman–Crippen MR) is 131 cm³/mol.